The molecular weight excluding hydrogens is 264 g/mol. The monoisotopic (exact) mass is 284 g/mol. The van der Waals surface area contributed by atoms with Crippen molar-refractivity contribution in [3.05, 3.63) is 0 Å². The SMILES string of the molecule is CN1CC(=O)N(C)CC(=O)N(C)CC(=O)N(C)CC1=O. The number of hydrogen-bond acceptors (Lipinski definition) is 4. The molecule has 4 amide bonds. The van der Waals surface area contributed by atoms with E-state index in [0.717, 1.165) is 0 Å². The van der Waals surface area contributed by atoms with Gasteiger partial charge in [-0.05, 0) is 0 Å². The van der Waals surface area contributed by atoms with Crippen LogP contribution >= 0.6 is 0 Å². The second-order valence-corrected chi connectivity index (χ2v) is 5.00. The predicted octanol–water partition coefficient (Wildman–Crippen LogP) is -2.17. The van der Waals surface area contributed by atoms with E-state index in [1.165, 1.54) is 47.8 Å². The van der Waals surface area contributed by atoms with Crippen molar-refractivity contribution in [3.8, 4) is 0 Å². The Morgan fingerprint density at radius 2 is 0.650 bits per heavy atom. The van der Waals surface area contributed by atoms with Crippen molar-refractivity contribution in [2.24, 2.45) is 0 Å². The molecule has 0 spiro atoms. The summed E-state index contributed by atoms with van der Waals surface area (Å²) in [5.74, 6) is -1.29. The lowest BCUT2D eigenvalue weighted by Crippen LogP contribution is -2.50. The van der Waals surface area contributed by atoms with Crippen molar-refractivity contribution >= 4 is 23.6 Å². The second kappa shape index (κ2) is 6.36. The Morgan fingerprint density at radius 3 is 0.800 bits per heavy atom. The molecule has 20 heavy (non-hydrogen) atoms. The van der Waals surface area contributed by atoms with Gasteiger partial charge < -0.3 is 19.6 Å². The van der Waals surface area contributed by atoms with Crippen LogP contribution in [0, 0.1) is 0 Å². The molecule has 8 nitrogen and oxygen atoms in total. The predicted molar refractivity (Wildman–Crippen MR) is 70.5 cm³/mol. The molecule has 0 saturated carbocycles. The van der Waals surface area contributed by atoms with E-state index in [0.29, 0.717) is 0 Å². The highest BCUT2D eigenvalue weighted by atomic mass is 16.2. The third-order valence-electron chi connectivity index (χ3n) is 3.19. The molecule has 8 heteroatoms. The molecule has 1 saturated heterocycles. The van der Waals surface area contributed by atoms with Gasteiger partial charge in [0.15, 0.2) is 0 Å². The number of nitrogens with zero attached hydrogens (tertiary/aromatic N) is 4. The maximum atomic E-state index is 11.9. The van der Waals surface area contributed by atoms with Gasteiger partial charge in [-0.15, -0.1) is 0 Å². The number of hydrogen-bond donors (Lipinski definition) is 0. The van der Waals surface area contributed by atoms with Gasteiger partial charge in [-0.3, -0.25) is 19.2 Å². The lowest BCUT2D eigenvalue weighted by atomic mass is 10.3. The first-order chi connectivity index (χ1) is 9.22. The summed E-state index contributed by atoms with van der Waals surface area (Å²) in [6.07, 6.45) is 0. The number of likely N-dealkylation sites (N-methyl/N-ethyl adjacent to an activating group) is 4. The molecule has 0 aromatic rings. The van der Waals surface area contributed by atoms with Crippen LogP contribution in [0.5, 0.6) is 0 Å². The average molecular weight is 284 g/mol. The second-order valence-electron chi connectivity index (χ2n) is 5.00. The van der Waals surface area contributed by atoms with Gasteiger partial charge >= 0.3 is 0 Å². The van der Waals surface area contributed by atoms with E-state index in [2.05, 4.69) is 0 Å². The van der Waals surface area contributed by atoms with Gasteiger partial charge in [0.05, 0.1) is 26.2 Å². The largest absolute Gasteiger partial charge is 0.335 e. The van der Waals surface area contributed by atoms with E-state index >= 15 is 0 Å². The molecule has 0 radical (unpaired) electrons. The van der Waals surface area contributed by atoms with Crippen LogP contribution in [0.1, 0.15) is 0 Å². The van der Waals surface area contributed by atoms with Crippen LogP contribution in [0.25, 0.3) is 0 Å². The summed E-state index contributed by atoms with van der Waals surface area (Å²) in [6.45, 7) is -0.467. The molecular formula is C12H20N4O4. The van der Waals surface area contributed by atoms with Crippen LogP contribution < -0.4 is 0 Å². The van der Waals surface area contributed by atoms with Gasteiger partial charge in [-0.1, -0.05) is 0 Å². The summed E-state index contributed by atoms with van der Waals surface area (Å²) >= 11 is 0. The highest BCUT2D eigenvalue weighted by molar-refractivity contribution is 5.92. The normalized spacial score (nSPS) is 20.2. The summed E-state index contributed by atoms with van der Waals surface area (Å²) in [4.78, 5) is 52.5. The third-order valence-corrected chi connectivity index (χ3v) is 3.19. The van der Waals surface area contributed by atoms with Crippen LogP contribution in [0.3, 0.4) is 0 Å². The standard InChI is InChI=1S/C12H20N4O4/c1-13-5-10(18)15(3)7-12(20)16(4)8-11(19)14(2)6-9(13)17/h5-8H2,1-4H3. The van der Waals surface area contributed by atoms with Crippen LogP contribution in [0.15, 0.2) is 0 Å². The fraction of sp³-hybridized carbons (Fsp3) is 0.667. The third kappa shape index (κ3) is 3.94. The minimum absolute atomic E-state index is 0.117. The Morgan fingerprint density at radius 1 is 0.500 bits per heavy atom. The maximum absolute atomic E-state index is 11.9. The van der Waals surface area contributed by atoms with Crippen LogP contribution in [0.2, 0.25) is 0 Å². The molecule has 0 unspecified atom stereocenters. The number of amides is 4. The zero-order valence-corrected chi connectivity index (χ0v) is 12.3. The van der Waals surface area contributed by atoms with Crippen molar-refractivity contribution in [1.29, 1.82) is 0 Å². The van der Waals surface area contributed by atoms with Crippen molar-refractivity contribution in [2.75, 3.05) is 54.4 Å². The molecule has 1 aliphatic rings. The Balaban J connectivity index is 2.92. The fourth-order valence-corrected chi connectivity index (χ4v) is 1.65. The highest BCUT2D eigenvalue weighted by Gasteiger charge is 2.24. The maximum Gasteiger partial charge on any atom is 0.242 e. The average Bonchev–Trinajstić information content (AvgIpc) is 2.36. The molecule has 1 aliphatic heterocycles. The van der Waals surface area contributed by atoms with Crippen LogP contribution in [-0.4, -0.2) is 97.6 Å². The van der Waals surface area contributed by atoms with Crippen LogP contribution in [0.4, 0.5) is 0 Å². The Hall–Kier alpha value is -2.12. The van der Waals surface area contributed by atoms with E-state index in [4.69, 9.17) is 0 Å². The highest BCUT2D eigenvalue weighted by Crippen LogP contribution is 1.99. The van der Waals surface area contributed by atoms with Crippen molar-refractivity contribution in [2.45, 2.75) is 0 Å². The summed E-state index contributed by atoms with van der Waals surface area (Å²) in [5, 5.41) is 0. The van der Waals surface area contributed by atoms with E-state index in [9.17, 15) is 19.2 Å². The molecule has 0 aromatic carbocycles. The van der Waals surface area contributed by atoms with E-state index in [-0.39, 0.29) is 49.8 Å². The Bertz CT molecular complexity index is 357. The minimum atomic E-state index is -0.322. The zero-order chi connectivity index (χ0) is 15.4. The fourth-order valence-electron chi connectivity index (χ4n) is 1.65. The quantitative estimate of drug-likeness (QED) is 0.507. The molecule has 1 fully saturated rings. The first kappa shape index (κ1) is 15.9. The summed E-state index contributed by atoms with van der Waals surface area (Å²) in [5.41, 5.74) is 0. The number of rotatable bonds is 0. The van der Waals surface area contributed by atoms with Gasteiger partial charge in [-0.25, -0.2) is 0 Å². The number of carbonyl (C=O) groups excluding carboxylic acids is 4. The zero-order valence-electron chi connectivity index (χ0n) is 12.3. The Labute approximate surface area is 117 Å². The molecule has 0 bridgehead atoms. The van der Waals surface area contributed by atoms with Gasteiger partial charge in [-0.2, -0.15) is 0 Å². The van der Waals surface area contributed by atoms with E-state index in [1.807, 2.05) is 0 Å². The molecule has 1 heterocycles. The minimum Gasteiger partial charge on any atom is -0.335 e. The first-order valence-electron chi connectivity index (χ1n) is 6.18. The summed E-state index contributed by atoms with van der Waals surface area (Å²) in [7, 11) is 5.97. The van der Waals surface area contributed by atoms with Gasteiger partial charge in [0.1, 0.15) is 0 Å². The number of carbonyl (C=O) groups is 4. The van der Waals surface area contributed by atoms with Crippen molar-refractivity contribution < 1.29 is 19.2 Å². The molecule has 112 valence electrons. The molecule has 1 rings (SSSR count). The summed E-state index contributed by atoms with van der Waals surface area (Å²) in [6, 6.07) is 0. The molecule has 0 aromatic heterocycles. The smallest absolute Gasteiger partial charge is 0.242 e. The topological polar surface area (TPSA) is 81.2 Å². The van der Waals surface area contributed by atoms with Gasteiger partial charge in [0.2, 0.25) is 23.6 Å². The lowest BCUT2D eigenvalue weighted by Gasteiger charge is -2.28. The first-order valence-corrected chi connectivity index (χ1v) is 6.18. The lowest BCUT2D eigenvalue weighted by molar-refractivity contribution is -0.147. The van der Waals surface area contributed by atoms with Crippen molar-refractivity contribution in [3.63, 3.8) is 0 Å². The summed E-state index contributed by atoms with van der Waals surface area (Å²) < 4.78 is 0. The van der Waals surface area contributed by atoms with Crippen molar-refractivity contribution in [1.82, 2.24) is 19.6 Å². The molecule has 0 atom stereocenters. The van der Waals surface area contributed by atoms with Gasteiger partial charge in [0.25, 0.3) is 0 Å². The van der Waals surface area contributed by atoms with Crippen LogP contribution in [-0.2, 0) is 19.2 Å². The van der Waals surface area contributed by atoms with E-state index < -0.39 is 0 Å². The molecule has 0 N–H and O–H groups in total. The molecule has 0 aliphatic carbocycles. The van der Waals surface area contributed by atoms with Gasteiger partial charge in [0, 0.05) is 28.2 Å². The Kier molecular flexibility index (Phi) is 5.06. The van der Waals surface area contributed by atoms with E-state index in [1.54, 1.807) is 0 Å².